The van der Waals surface area contributed by atoms with Gasteiger partial charge in [-0.05, 0) is 18.6 Å². The highest BCUT2D eigenvalue weighted by Crippen LogP contribution is 2.19. The number of carboxylic acid groups (broad SMARTS) is 1. The van der Waals surface area contributed by atoms with Crippen molar-refractivity contribution in [2.45, 2.75) is 6.92 Å². The maximum absolute atomic E-state index is 10.5. The molecule has 0 bridgehead atoms. The van der Waals surface area contributed by atoms with Crippen LogP contribution >= 0.6 is 0 Å². The highest BCUT2D eigenvalue weighted by Gasteiger charge is 2.18. The number of aryl methyl sites for hydroxylation is 1. The summed E-state index contributed by atoms with van der Waals surface area (Å²) in [4.78, 5) is 20.3. The van der Waals surface area contributed by atoms with Gasteiger partial charge in [-0.3, -0.25) is 10.1 Å². The second-order valence-corrected chi connectivity index (χ2v) is 2.58. The first-order valence-corrected chi connectivity index (χ1v) is 3.50. The zero-order chi connectivity index (χ0) is 10.0. The Hall–Kier alpha value is -1.91. The van der Waals surface area contributed by atoms with Gasteiger partial charge in [0.25, 0.3) is 5.69 Å². The normalized spacial score (nSPS) is 9.62. The van der Waals surface area contributed by atoms with Gasteiger partial charge in [-0.15, -0.1) is 0 Å². The van der Waals surface area contributed by atoms with Crippen LogP contribution in [-0.2, 0) is 0 Å². The molecule has 0 aromatic heterocycles. The van der Waals surface area contributed by atoms with Crippen LogP contribution in [0.15, 0.2) is 18.2 Å². The van der Waals surface area contributed by atoms with Crippen LogP contribution in [0, 0.1) is 17.0 Å². The molecule has 1 rings (SSSR count). The van der Waals surface area contributed by atoms with E-state index < -0.39 is 10.9 Å². The summed E-state index contributed by atoms with van der Waals surface area (Å²) < 4.78 is 0. The van der Waals surface area contributed by atoms with E-state index in [2.05, 4.69) is 0 Å². The van der Waals surface area contributed by atoms with Crippen LogP contribution in [0.25, 0.3) is 0 Å². The number of rotatable bonds is 2. The molecule has 1 aromatic carbocycles. The second kappa shape index (κ2) is 3.22. The summed E-state index contributed by atoms with van der Waals surface area (Å²) in [5.41, 5.74) is 0.0137. The number of nitro benzene ring substituents is 1. The molecule has 0 aliphatic heterocycles. The molecule has 1 N–H and O–H groups in total. The van der Waals surface area contributed by atoms with Crippen molar-refractivity contribution in [3.05, 3.63) is 39.4 Å². The fraction of sp³-hybridized carbons (Fsp3) is 0.125. The smallest absolute Gasteiger partial charge is 0.342 e. The van der Waals surface area contributed by atoms with E-state index >= 15 is 0 Å². The Morgan fingerprint density at radius 1 is 1.54 bits per heavy atom. The molecular formula is C8H7NO4. The molecule has 5 heteroatoms. The number of carboxylic acids is 1. The van der Waals surface area contributed by atoms with E-state index in [1.54, 1.807) is 6.92 Å². The SMILES string of the molecule is Cc1ccc([13C](=O)O)c([N+](=O)[O-])c1. The molecule has 0 heterocycles. The summed E-state index contributed by atoms with van der Waals surface area (Å²) in [5, 5.41) is 19.0. The van der Waals surface area contributed by atoms with Crippen molar-refractivity contribution >= 4 is 11.7 Å². The highest BCUT2D eigenvalue weighted by atomic mass is 16.6. The second-order valence-electron chi connectivity index (χ2n) is 2.58. The quantitative estimate of drug-likeness (QED) is 0.428. The molecule has 0 aliphatic rings. The third-order valence-corrected chi connectivity index (χ3v) is 1.58. The van der Waals surface area contributed by atoms with Crippen molar-refractivity contribution in [3.8, 4) is 0 Å². The van der Waals surface area contributed by atoms with Crippen LogP contribution in [0.5, 0.6) is 0 Å². The van der Waals surface area contributed by atoms with Gasteiger partial charge in [-0.2, -0.15) is 0 Å². The molecular weight excluding hydrogens is 175 g/mol. The molecule has 0 atom stereocenters. The molecule has 13 heavy (non-hydrogen) atoms. The number of carbonyl (C=O) groups is 1. The van der Waals surface area contributed by atoms with Crippen LogP contribution in [0.1, 0.15) is 15.9 Å². The minimum Gasteiger partial charge on any atom is -0.477 e. The van der Waals surface area contributed by atoms with Crippen molar-refractivity contribution in [1.82, 2.24) is 0 Å². The lowest BCUT2D eigenvalue weighted by molar-refractivity contribution is -0.385. The van der Waals surface area contributed by atoms with Gasteiger partial charge in [-0.1, -0.05) is 6.07 Å². The monoisotopic (exact) mass is 182 g/mol. The first kappa shape index (κ1) is 9.18. The van der Waals surface area contributed by atoms with E-state index in [4.69, 9.17) is 5.11 Å². The molecule has 0 spiro atoms. The summed E-state index contributed by atoms with van der Waals surface area (Å²) in [6.07, 6.45) is 0. The Balaban J connectivity index is 3.35. The average molecular weight is 182 g/mol. The van der Waals surface area contributed by atoms with Crippen LogP contribution in [0.2, 0.25) is 0 Å². The summed E-state index contributed by atoms with van der Waals surface area (Å²) in [6, 6.07) is 4.00. The predicted octanol–water partition coefficient (Wildman–Crippen LogP) is 1.60. The van der Waals surface area contributed by atoms with Crippen LogP contribution < -0.4 is 0 Å². The fourth-order valence-electron chi connectivity index (χ4n) is 0.974. The molecule has 0 amide bonds. The fourth-order valence-corrected chi connectivity index (χ4v) is 0.974. The van der Waals surface area contributed by atoms with Gasteiger partial charge in [-0.25, -0.2) is 4.79 Å². The number of nitrogens with zero attached hydrogens (tertiary/aromatic N) is 1. The predicted molar refractivity (Wildman–Crippen MR) is 44.8 cm³/mol. The largest absolute Gasteiger partial charge is 0.477 e. The molecule has 0 saturated carbocycles. The molecule has 0 aliphatic carbocycles. The van der Waals surface area contributed by atoms with Crippen molar-refractivity contribution < 1.29 is 14.8 Å². The molecule has 0 saturated heterocycles. The van der Waals surface area contributed by atoms with E-state index in [0.717, 1.165) is 0 Å². The van der Waals surface area contributed by atoms with E-state index in [9.17, 15) is 14.9 Å². The van der Waals surface area contributed by atoms with Gasteiger partial charge in [0, 0.05) is 6.07 Å². The molecule has 0 radical (unpaired) electrons. The summed E-state index contributed by atoms with van der Waals surface area (Å²) in [6.45, 7) is 1.67. The van der Waals surface area contributed by atoms with Gasteiger partial charge in [0.2, 0.25) is 0 Å². The molecule has 5 nitrogen and oxygen atoms in total. The van der Waals surface area contributed by atoms with E-state index in [1.807, 2.05) is 0 Å². The lowest BCUT2D eigenvalue weighted by Gasteiger charge is -1.98. The standard InChI is InChI=1S/C8H7NO4/c1-5-2-3-6(8(10)11)7(4-5)9(12)13/h2-4H,1H3,(H,10,11)/i8+1. The van der Waals surface area contributed by atoms with E-state index in [1.165, 1.54) is 18.2 Å². The maximum Gasteiger partial charge on any atom is 0.342 e. The number of hydrogen-bond donors (Lipinski definition) is 1. The van der Waals surface area contributed by atoms with Crippen LogP contribution in [0.3, 0.4) is 0 Å². The Bertz CT molecular complexity index is 372. The summed E-state index contributed by atoms with van der Waals surface area (Å²) in [5.74, 6) is -1.29. The number of hydrogen-bond acceptors (Lipinski definition) is 3. The summed E-state index contributed by atoms with van der Waals surface area (Å²) >= 11 is 0. The topological polar surface area (TPSA) is 80.4 Å². The maximum atomic E-state index is 10.5. The Kier molecular flexibility index (Phi) is 2.27. The first-order chi connectivity index (χ1) is 6.02. The molecule has 1 aromatic rings. The average Bonchev–Trinajstić information content (AvgIpc) is 2.03. The van der Waals surface area contributed by atoms with Gasteiger partial charge < -0.3 is 5.11 Å². The zero-order valence-corrected chi connectivity index (χ0v) is 6.85. The summed E-state index contributed by atoms with van der Waals surface area (Å²) in [7, 11) is 0. The third kappa shape index (κ3) is 1.81. The van der Waals surface area contributed by atoms with Crippen molar-refractivity contribution in [3.63, 3.8) is 0 Å². The highest BCUT2D eigenvalue weighted by molar-refractivity contribution is 5.92. The minimum atomic E-state index is -1.29. The Labute approximate surface area is 73.8 Å². The van der Waals surface area contributed by atoms with E-state index in [-0.39, 0.29) is 11.3 Å². The zero-order valence-electron chi connectivity index (χ0n) is 6.85. The lowest BCUT2D eigenvalue weighted by Crippen LogP contribution is -2.02. The number of nitro groups is 1. The van der Waals surface area contributed by atoms with Crippen molar-refractivity contribution in [2.75, 3.05) is 0 Å². The Morgan fingerprint density at radius 3 is 2.62 bits per heavy atom. The molecule has 0 unspecified atom stereocenters. The number of benzene rings is 1. The van der Waals surface area contributed by atoms with Gasteiger partial charge in [0.1, 0.15) is 5.56 Å². The van der Waals surface area contributed by atoms with E-state index in [0.29, 0.717) is 5.56 Å². The first-order valence-electron chi connectivity index (χ1n) is 3.50. The van der Waals surface area contributed by atoms with Crippen molar-refractivity contribution in [2.24, 2.45) is 0 Å². The lowest BCUT2D eigenvalue weighted by atomic mass is 10.2. The molecule has 68 valence electrons. The minimum absolute atomic E-state index is 0.282. The third-order valence-electron chi connectivity index (χ3n) is 1.58. The Morgan fingerprint density at radius 2 is 2.15 bits per heavy atom. The van der Waals surface area contributed by atoms with Crippen LogP contribution in [0.4, 0.5) is 5.69 Å². The van der Waals surface area contributed by atoms with Gasteiger partial charge in [0.05, 0.1) is 4.92 Å². The van der Waals surface area contributed by atoms with Crippen LogP contribution in [-0.4, -0.2) is 16.0 Å². The van der Waals surface area contributed by atoms with Gasteiger partial charge in [0.15, 0.2) is 0 Å². The van der Waals surface area contributed by atoms with Gasteiger partial charge >= 0.3 is 5.97 Å². The molecule has 0 fully saturated rings. The number of aromatic carboxylic acids is 1. The van der Waals surface area contributed by atoms with Crippen molar-refractivity contribution in [1.29, 1.82) is 0 Å².